The average molecular weight is 360 g/mol. The molecule has 0 aliphatic heterocycles. The molecule has 1 rings (SSSR count). The van der Waals surface area contributed by atoms with Gasteiger partial charge in [0.15, 0.2) is 0 Å². The maximum absolute atomic E-state index is 10.2. The van der Waals surface area contributed by atoms with Gasteiger partial charge in [-0.25, -0.2) is 0 Å². The summed E-state index contributed by atoms with van der Waals surface area (Å²) >= 11 is 2.34. The lowest BCUT2D eigenvalue weighted by Gasteiger charge is -2.14. The largest absolute Gasteiger partial charge is 0.388 e. The SMILES string of the molecule is CCCCCCCCC(O)c1cccc(C)c1I. The van der Waals surface area contributed by atoms with Gasteiger partial charge in [0.25, 0.3) is 0 Å². The van der Waals surface area contributed by atoms with Crippen molar-refractivity contribution in [2.45, 2.75) is 64.9 Å². The zero-order valence-corrected chi connectivity index (χ0v) is 13.7. The normalized spacial score (nSPS) is 12.7. The summed E-state index contributed by atoms with van der Waals surface area (Å²) in [6.45, 7) is 4.34. The molecule has 0 heterocycles. The van der Waals surface area contributed by atoms with E-state index in [-0.39, 0.29) is 6.10 Å². The second kappa shape index (κ2) is 8.92. The molecule has 2 heteroatoms. The summed E-state index contributed by atoms with van der Waals surface area (Å²) in [7, 11) is 0. The van der Waals surface area contributed by atoms with E-state index in [1.807, 2.05) is 6.07 Å². The van der Waals surface area contributed by atoms with Crippen LogP contribution in [0.15, 0.2) is 18.2 Å². The summed E-state index contributed by atoms with van der Waals surface area (Å²) in [5.41, 5.74) is 2.36. The smallest absolute Gasteiger partial charge is 0.0800 e. The van der Waals surface area contributed by atoms with Crippen molar-refractivity contribution < 1.29 is 5.11 Å². The highest BCUT2D eigenvalue weighted by atomic mass is 127. The van der Waals surface area contributed by atoms with E-state index in [9.17, 15) is 5.11 Å². The van der Waals surface area contributed by atoms with Crippen molar-refractivity contribution in [3.63, 3.8) is 0 Å². The Balaban J connectivity index is 2.32. The summed E-state index contributed by atoms with van der Waals surface area (Å²) in [4.78, 5) is 0. The van der Waals surface area contributed by atoms with E-state index in [0.29, 0.717) is 0 Å². The fraction of sp³-hybridized carbons (Fsp3) is 0.625. The third-order valence-corrected chi connectivity index (χ3v) is 4.89. The molecule has 0 spiro atoms. The van der Waals surface area contributed by atoms with Crippen LogP contribution in [0.3, 0.4) is 0 Å². The van der Waals surface area contributed by atoms with Gasteiger partial charge < -0.3 is 5.11 Å². The van der Waals surface area contributed by atoms with Crippen LogP contribution in [0.1, 0.15) is 69.1 Å². The predicted molar refractivity (Wildman–Crippen MR) is 86.8 cm³/mol. The Labute approximate surface area is 125 Å². The standard InChI is InChI=1S/C16H25IO/c1-3-4-5-6-7-8-12-15(18)14-11-9-10-13(2)16(14)17/h9-11,15,18H,3-8,12H2,1-2H3. The Hall–Kier alpha value is -0.0900. The first-order valence-corrected chi connectivity index (χ1v) is 8.17. The minimum Gasteiger partial charge on any atom is -0.388 e. The molecule has 0 aliphatic rings. The maximum atomic E-state index is 10.2. The molecule has 18 heavy (non-hydrogen) atoms. The minimum absolute atomic E-state index is 0.289. The van der Waals surface area contributed by atoms with Gasteiger partial charge in [0.1, 0.15) is 0 Å². The molecule has 1 aromatic carbocycles. The second-order valence-corrected chi connectivity index (χ2v) is 6.13. The van der Waals surface area contributed by atoms with Crippen molar-refractivity contribution in [2.75, 3.05) is 0 Å². The summed E-state index contributed by atoms with van der Waals surface area (Å²) < 4.78 is 1.22. The molecule has 102 valence electrons. The molecule has 0 amide bonds. The molecular weight excluding hydrogens is 335 g/mol. The molecule has 1 nitrogen and oxygen atoms in total. The van der Waals surface area contributed by atoms with Crippen molar-refractivity contribution in [2.24, 2.45) is 0 Å². The van der Waals surface area contributed by atoms with Gasteiger partial charge in [-0.05, 0) is 47.1 Å². The molecule has 0 saturated carbocycles. The van der Waals surface area contributed by atoms with Crippen LogP contribution in [0.4, 0.5) is 0 Å². The molecule has 0 aromatic heterocycles. The van der Waals surface area contributed by atoms with Crippen LogP contribution in [-0.4, -0.2) is 5.11 Å². The molecule has 0 saturated heterocycles. The van der Waals surface area contributed by atoms with Gasteiger partial charge in [0.05, 0.1) is 6.10 Å². The van der Waals surface area contributed by atoms with Crippen molar-refractivity contribution >= 4 is 22.6 Å². The average Bonchev–Trinajstić information content (AvgIpc) is 2.36. The zero-order chi connectivity index (χ0) is 13.4. The van der Waals surface area contributed by atoms with Crippen LogP contribution in [0.5, 0.6) is 0 Å². The number of hydrogen-bond acceptors (Lipinski definition) is 1. The molecule has 1 atom stereocenters. The molecule has 1 aromatic rings. The minimum atomic E-state index is -0.289. The van der Waals surface area contributed by atoms with E-state index >= 15 is 0 Å². The van der Waals surface area contributed by atoms with Crippen LogP contribution in [0.25, 0.3) is 0 Å². The maximum Gasteiger partial charge on any atom is 0.0800 e. The highest BCUT2D eigenvalue weighted by Gasteiger charge is 2.11. The molecule has 0 aliphatic carbocycles. The third kappa shape index (κ3) is 5.27. The number of halogens is 1. The van der Waals surface area contributed by atoms with Crippen LogP contribution < -0.4 is 0 Å². The number of aliphatic hydroxyl groups is 1. The lowest BCUT2D eigenvalue weighted by Crippen LogP contribution is -2.01. The number of aliphatic hydroxyl groups excluding tert-OH is 1. The monoisotopic (exact) mass is 360 g/mol. The summed E-state index contributed by atoms with van der Waals surface area (Å²) in [6, 6.07) is 6.19. The lowest BCUT2D eigenvalue weighted by atomic mass is 10.0. The van der Waals surface area contributed by atoms with Gasteiger partial charge >= 0.3 is 0 Å². The van der Waals surface area contributed by atoms with Crippen LogP contribution in [0.2, 0.25) is 0 Å². The van der Waals surface area contributed by atoms with Gasteiger partial charge in [-0.2, -0.15) is 0 Å². The fourth-order valence-electron chi connectivity index (χ4n) is 2.20. The number of benzene rings is 1. The molecular formula is C16H25IO. The number of rotatable bonds is 8. The Morgan fingerprint density at radius 3 is 2.50 bits per heavy atom. The van der Waals surface area contributed by atoms with Crippen molar-refractivity contribution in [3.8, 4) is 0 Å². The van der Waals surface area contributed by atoms with E-state index in [0.717, 1.165) is 18.4 Å². The van der Waals surface area contributed by atoms with Crippen LogP contribution in [0, 0.1) is 10.5 Å². The lowest BCUT2D eigenvalue weighted by molar-refractivity contribution is 0.162. The first kappa shape index (κ1) is 16.0. The van der Waals surface area contributed by atoms with E-state index < -0.39 is 0 Å². The van der Waals surface area contributed by atoms with E-state index in [1.54, 1.807) is 0 Å². The third-order valence-electron chi connectivity index (χ3n) is 3.41. The van der Waals surface area contributed by atoms with Gasteiger partial charge in [-0.3, -0.25) is 0 Å². The summed E-state index contributed by atoms with van der Waals surface area (Å²) in [5, 5.41) is 10.2. The fourth-order valence-corrected chi connectivity index (χ4v) is 2.92. The number of aryl methyl sites for hydroxylation is 1. The van der Waals surface area contributed by atoms with Gasteiger partial charge in [-0.1, -0.05) is 63.6 Å². The number of hydrogen-bond donors (Lipinski definition) is 1. The number of unbranched alkanes of at least 4 members (excludes halogenated alkanes) is 5. The second-order valence-electron chi connectivity index (χ2n) is 5.05. The molecule has 1 N–H and O–H groups in total. The van der Waals surface area contributed by atoms with Crippen molar-refractivity contribution in [1.82, 2.24) is 0 Å². The predicted octanol–water partition coefficient (Wildman–Crippen LogP) is 5.38. The highest BCUT2D eigenvalue weighted by molar-refractivity contribution is 14.1. The van der Waals surface area contributed by atoms with E-state index in [1.165, 1.54) is 41.2 Å². The summed E-state index contributed by atoms with van der Waals surface area (Å²) in [5.74, 6) is 0. The summed E-state index contributed by atoms with van der Waals surface area (Å²) in [6.07, 6.45) is 8.28. The van der Waals surface area contributed by atoms with E-state index in [4.69, 9.17) is 0 Å². The Morgan fingerprint density at radius 2 is 1.78 bits per heavy atom. The molecule has 0 fully saturated rings. The van der Waals surface area contributed by atoms with Gasteiger partial charge in [-0.15, -0.1) is 0 Å². The van der Waals surface area contributed by atoms with Crippen molar-refractivity contribution in [1.29, 1.82) is 0 Å². The van der Waals surface area contributed by atoms with Crippen LogP contribution >= 0.6 is 22.6 Å². The quantitative estimate of drug-likeness (QED) is 0.487. The van der Waals surface area contributed by atoms with Gasteiger partial charge in [0, 0.05) is 3.57 Å². The van der Waals surface area contributed by atoms with E-state index in [2.05, 4.69) is 48.6 Å². The Kier molecular flexibility index (Phi) is 7.91. The molecule has 0 bridgehead atoms. The molecule has 1 unspecified atom stereocenters. The zero-order valence-electron chi connectivity index (χ0n) is 11.6. The van der Waals surface area contributed by atoms with Gasteiger partial charge in [0.2, 0.25) is 0 Å². The van der Waals surface area contributed by atoms with Crippen LogP contribution in [-0.2, 0) is 0 Å². The Bertz CT molecular complexity index is 349. The molecule has 0 radical (unpaired) electrons. The first-order valence-electron chi connectivity index (χ1n) is 7.10. The first-order chi connectivity index (χ1) is 8.66. The topological polar surface area (TPSA) is 20.2 Å². The Morgan fingerprint density at radius 1 is 1.11 bits per heavy atom. The van der Waals surface area contributed by atoms with Crippen molar-refractivity contribution in [3.05, 3.63) is 32.9 Å². The highest BCUT2D eigenvalue weighted by Crippen LogP contribution is 2.26.